The van der Waals surface area contributed by atoms with Crippen LogP contribution in [0.5, 0.6) is 0 Å². The first-order chi connectivity index (χ1) is 7.34. The lowest BCUT2D eigenvalue weighted by Crippen LogP contribution is -1.73. The van der Waals surface area contributed by atoms with E-state index < -0.39 is 0 Å². The van der Waals surface area contributed by atoms with Gasteiger partial charge in [0, 0.05) is 22.7 Å². The molecule has 0 atom stereocenters. The number of rotatable bonds is 1. The Labute approximate surface area is 94.7 Å². The summed E-state index contributed by atoms with van der Waals surface area (Å²) in [7, 11) is 0. The lowest BCUT2D eigenvalue weighted by Gasteiger charge is -1.93. The molecule has 0 aliphatic rings. The molecular weight excluding hydrogens is 254 g/mol. The van der Waals surface area contributed by atoms with Gasteiger partial charge in [0.1, 0.15) is 0 Å². The molecule has 0 aliphatic carbocycles. The van der Waals surface area contributed by atoms with Gasteiger partial charge >= 0.3 is 0 Å². The van der Waals surface area contributed by atoms with Crippen LogP contribution in [-0.4, -0.2) is 15.0 Å². The van der Waals surface area contributed by atoms with Crippen LogP contribution in [0.3, 0.4) is 0 Å². The van der Waals surface area contributed by atoms with Gasteiger partial charge in [-0.15, -0.1) is 0 Å². The number of fused-ring (bicyclic) bond motifs is 1. The summed E-state index contributed by atoms with van der Waals surface area (Å²) in [5.41, 5.74) is 3.29. The van der Waals surface area contributed by atoms with Gasteiger partial charge in [-0.2, -0.15) is 0 Å². The largest absolute Gasteiger partial charge is 0.360 e. The van der Waals surface area contributed by atoms with Gasteiger partial charge in [-0.3, -0.25) is 0 Å². The number of aromatic nitrogens is 3. The van der Waals surface area contributed by atoms with Crippen LogP contribution >= 0.6 is 15.9 Å². The monoisotopic (exact) mass is 261 g/mol. The Morgan fingerprint density at radius 3 is 2.87 bits per heavy atom. The molecule has 0 amide bonds. The maximum Gasteiger partial charge on any atom is 0.174 e. The molecule has 2 N–H and O–H groups in total. The first-order valence-corrected chi connectivity index (χ1v) is 5.41. The molecule has 3 rings (SSSR count). The predicted molar refractivity (Wildman–Crippen MR) is 63.6 cm³/mol. The third-order valence-electron chi connectivity index (χ3n) is 2.42. The molecule has 1 aromatic carbocycles. The minimum Gasteiger partial charge on any atom is -0.360 e. The molecule has 2 heterocycles. The molecule has 0 spiro atoms. The van der Waals surface area contributed by atoms with Gasteiger partial charge in [0.15, 0.2) is 4.73 Å². The molecule has 15 heavy (non-hydrogen) atoms. The Bertz CT molecular complexity index is 609. The first kappa shape index (κ1) is 8.73. The molecule has 0 bridgehead atoms. The maximum atomic E-state index is 4.13. The number of halogens is 1. The van der Waals surface area contributed by atoms with Crippen LogP contribution in [-0.2, 0) is 0 Å². The Morgan fingerprint density at radius 2 is 2.07 bits per heavy atom. The van der Waals surface area contributed by atoms with Crippen molar-refractivity contribution in [2.75, 3.05) is 0 Å². The summed E-state index contributed by atoms with van der Waals surface area (Å²) in [5.74, 6) is 0. The van der Waals surface area contributed by atoms with Gasteiger partial charge in [-0.05, 0) is 22.0 Å². The van der Waals surface area contributed by atoms with Crippen molar-refractivity contribution in [1.82, 2.24) is 15.0 Å². The van der Waals surface area contributed by atoms with E-state index in [1.165, 1.54) is 5.39 Å². The van der Waals surface area contributed by atoms with Crippen LogP contribution in [0.2, 0.25) is 0 Å². The molecule has 2 aromatic heterocycles. The molecule has 3 aromatic rings. The highest BCUT2D eigenvalue weighted by atomic mass is 79.9. The second-order valence-corrected chi connectivity index (χ2v) is 4.09. The number of imidazole rings is 1. The average molecular weight is 262 g/mol. The van der Waals surface area contributed by atoms with Crippen molar-refractivity contribution >= 4 is 26.8 Å². The van der Waals surface area contributed by atoms with Crippen LogP contribution in [0.1, 0.15) is 0 Å². The zero-order valence-corrected chi connectivity index (χ0v) is 9.38. The summed E-state index contributed by atoms with van der Waals surface area (Å²) < 4.78 is 0.753. The number of aromatic amines is 2. The summed E-state index contributed by atoms with van der Waals surface area (Å²) in [6, 6.07) is 8.21. The smallest absolute Gasteiger partial charge is 0.174 e. The van der Waals surface area contributed by atoms with E-state index in [-0.39, 0.29) is 0 Å². The van der Waals surface area contributed by atoms with Gasteiger partial charge in [-0.1, -0.05) is 18.2 Å². The third-order valence-corrected chi connectivity index (χ3v) is 2.83. The van der Waals surface area contributed by atoms with Gasteiger partial charge in [0.2, 0.25) is 0 Å². The fraction of sp³-hybridized carbons (Fsp3) is 0. The number of benzene rings is 1. The normalized spacial score (nSPS) is 11.0. The van der Waals surface area contributed by atoms with Crippen molar-refractivity contribution in [3.8, 4) is 11.3 Å². The molecule has 74 valence electrons. The second kappa shape index (κ2) is 3.24. The van der Waals surface area contributed by atoms with E-state index in [1.54, 1.807) is 0 Å². The Kier molecular flexibility index (Phi) is 1.89. The summed E-state index contributed by atoms with van der Waals surface area (Å²) in [5, 5.41) is 1.20. The van der Waals surface area contributed by atoms with Crippen LogP contribution < -0.4 is 0 Å². The zero-order chi connectivity index (χ0) is 10.3. The maximum absolute atomic E-state index is 4.13. The second-order valence-electron chi connectivity index (χ2n) is 3.34. The fourth-order valence-corrected chi connectivity index (χ4v) is 2.04. The van der Waals surface area contributed by atoms with E-state index in [1.807, 2.05) is 24.5 Å². The minimum absolute atomic E-state index is 0.753. The zero-order valence-electron chi connectivity index (χ0n) is 7.79. The van der Waals surface area contributed by atoms with Gasteiger partial charge in [0.25, 0.3) is 0 Å². The van der Waals surface area contributed by atoms with Crippen LogP contribution in [0.15, 0.2) is 41.4 Å². The van der Waals surface area contributed by atoms with Crippen molar-refractivity contribution in [3.63, 3.8) is 0 Å². The van der Waals surface area contributed by atoms with Gasteiger partial charge in [-0.25, -0.2) is 4.98 Å². The van der Waals surface area contributed by atoms with Crippen molar-refractivity contribution in [3.05, 3.63) is 41.4 Å². The molecular formula is C11H8BrN3. The Hall–Kier alpha value is -1.55. The van der Waals surface area contributed by atoms with Crippen molar-refractivity contribution in [2.24, 2.45) is 0 Å². The number of nitrogens with zero attached hydrogens (tertiary/aromatic N) is 1. The topological polar surface area (TPSA) is 44.5 Å². The number of hydrogen-bond donors (Lipinski definition) is 2. The Balaban J connectivity index is 2.27. The number of H-pyrrole nitrogens is 2. The molecule has 0 fully saturated rings. The van der Waals surface area contributed by atoms with Crippen molar-refractivity contribution in [2.45, 2.75) is 0 Å². The molecule has 0 radical (unpaired) electrons. The minimum atomic E-state index is 0.753. The summed E-state index contributed by atoms with van der Waals surface area (Å²) in [6.45, 7) is 0. The molecule has 3 nitrogen and oxygen atoms in total. The highest BCUT2D eigenvalue weighted by molar-refractivity contribution is 9.10. The van der Waals surface area contributed by atoms with Crippen LogP contribution in [0, 0.1) is 0 Å². The van der Waals surface area contributed by atoms with Crippen molar-refractivity contribution in [1.29, 1.82) is 0 Å². The quantitative estimate of drug-likeness (QED) is 0.694. The fourth-order valence-electron chi connectivity index (χ4n) is 1.73. The number of nitrogens with one attached hydrogen (secondary N) is 2. The van der Waals surface area contributed by atoms with E-state index in [9.17, 15) is 0 Å². The lowest BCUT2D eigenvalue weighted by atomic mass is 10.1. The van der Waals surface area contributed by atoms with Gasteiger partial charge < -0.3 is 9.97 Å². The summed E-state index contributed by atoms with van der Waals surface area (Å²) in [6.07, 6.45) is 3.81. The standard InChI is InChI=1S/C11H8BrN3/c12-11-14-6-10(15-11)8-5-13-9-4-2-1-3-7(8)9/h1-6,13H,(H,14,15). The molecule has 4 heteroatoms. The average Bonchev–Trinajstić information content (AvgIpc) is 2.83. The molecule has 0 saturated carbocycles. The molecule has 0 saturated heterocycles. The van der Waals surface area contributed by atoms with Crippen LogP contribution in [0.25, 0.3) is 22.2 Å². The summed E-state index contributed by atoms with van der Waals surface area (Å²) >= 11 is 3.30. The van der Waals surface area contributed by atoms with Crippen LogP contribution in [0.4, 0.5) is 0 Å². The lowest BCUT2D eigenvalue weighted by molar-refractivity contribution is 1.24. The predicted octanol–water partition coefficient (Wildman–Crippen LogP) is 3.32. The molecule has 0 unspecified atom stereocenters. The van der Waals surface area contributed by atoms with E-state index in [4.69, 9.17) is 0 Å². The van der Waals surface area contributed by atoms with E-state index >= 15 is 0 Å². The molecule has 0 aliphatic heterocycles. The first-order valence-electron chi connectivity index (χ1n) is 4.61. The highest BCUT2D eigenvalue weighted by Gasteiger charge is 2.07. The van der Waals surface area contributed by atoms with Gasteiger partial charge in [0.05, 0.1) is 11.9 Å². The number of para-hydroxylation sites is 1. The summed E-state index contributed by atoms with van der Waals surface area (Å²) in [4.78, 5) is 10.5. The van der Waals surface area contributed by atoms with E-state index in [2.05, 4.69) is 43.0 Å². The SMILES string of the molecule is Brc1ncc(-c2c[nH]c3ccccc23)[nH]1. The highest BCUT2D eigenvalue weighted by Crippen LogP contribution is 2.27. The third kappa shape index (κ3) is 1.37. The van der Waals surface area contributed by atoms with E-state index in [0.29, 0.717) is 0 Å². The Morgan fingerprint density at radius 1 is 1.20 bits per heavy atom. The van der Waals surface area contributed by atoms with Crippen molar-refractivity contribution < 1.29 is 0 Å². The van der Waals surface area contributed by atoms with E-state index in [0.717, 1.165) is 21.5 Å². The number of hydrogen-bond acceptors (Lipinski definition) is 1.